The van der Waals surface area contributed by atoms with Gasteiger partial charge in [-0.1, -0.05) is 24.3 Å². The Morgan fingerprint density at radius 3 is 2.55 bits per heavy atom. The van der Waals surface area contributed by atoms with Crippen molar-refractivity contribution in [3.63, 3.8) is 0 Å². The molecular formula is C16H18N2O2. The molecular weight excluding hydrogens is 252 g/mol. The van der Waals surface area contributed by atoms with Crippen molar-refractivity contribution in [1.82, 2.24) is 9.88 Å². The zero-order valence-corrected chi connectivity index (χ0v) is 11.7. The molecule has 0 aliphatic rings. The molecule has 1 aromatic heterocycles. The molecule has 0 atom stereocenters. The molecule has 0 unspecified atom stereocenters. The standard InChI is InChI=1S/C16H18N2O2/c1-3-18(11-14-7-5-4-6-12(14)2)16(20)13-8-9-15(19)17-10-13/h4-10H,3,11H2,1-2H3,(H,17,19). The molecule has 4 heteroatoms. The lowest BCUT2D eigenvalue weighted by Crippen LogP contribution is -2.31. The molecule has 0 bridgehead atoms. The third kappa shape index (κ3) is 3.15. The average molecular weight is 270 g/mol. The molecule has 20 heavy (non-hydrogen) atoms. The van der Waals surface area contributed by atoms with E-state index in [0.29, 0.717) is 18.7 Å². The van der Waals surface area contributed by atoms with Crippen LogP contribution in [0.5, 0.6) is 0 Å². The van der Waals surface area contributed by atoms with Crippen molar-refractivity contribution in [2.45, 2.75) is 20.4 Å². The second-order valence-corrected chi connectivity index (χ2v) is 4.69. The highest BCUT2D eigenvalue weighted by Crippen LogP contribution is 2.12. The first-order valence-electron chi connectivity index (χ1n) is 6.64. The molecule has 0 aliphatic heterocycles. The molecule has 104 valence electrons. The number of pyridine rings is 1. The minimum atomic E-state index is -0.205. The highest BCUT2D eigenvalue weighted by atomic mass is 16.2. The number of H-pyrrole nitrogens is 1. The number of carbonyl (C=O) groups is 1. The van der Waals surface area contributed by atoms with Gasteiger partial charge >= 0.3 is 0 Å². The number of aromatic amines is 1. The van der Waals surface area contributed by atoms with Gasteiger partial charge in [0, 0.05) is 25.4 Å². The lowest BCUT2D eigenvalue weighted by Gasteiger charge is -2.22. The van der Waals surface area contributed by atoms with Gasteiger partial charge in [-0.2, -0.15) is 0 Å². The maximum atomic E-state index is 12.4. The summed E-state index contributed by atoms with van der Waals surface area (Å²) in [7, 11) is 0. The molecule has 2 rings (SSSR count). The summed E-state index contributed by atoms with van der Waals surface area (Å²) in [6.45, 7) is 5.17. The van der Waals surface area contributed by atoms with Gasteiger partial charge in [-0.05, 0) is 31.0 Å². The van der Waals surface area contributed by atoms with E-state index < -0.39 is 0 Å². The first kappa shape index (κ1) is 14.1. The van der Waals surface area contributed by atoms with Gasteiger partial charge in [0.25, 0.3) is 5.91 Å². The first-order chi connectivity index (χ1) is 9.61. The first-order valence-corrected chi connectivity index (χ1v) is 6.64. The maximum absolute atomic E-state index is 12.4. The molecule has 0 radical (unpaired) electrons. The quantitative estimate of drug-likeness (QED) is 0.927. The molecule has 2 aromatic rings. The number of benzene rings is 1. The van der Waals surface area contributed by atoms with Crippen molar-refractivity contribution < 1.29 is 4.79 Å². The normalized spacial score (nSPS) is 10.3. The van der Waals surface area contributed by atoms with Crippen LogP contribution >= 0.6 is 0 Å². The zero-order chi connectivity index (χ0) is 14.5. The summed E-state index contributed by atoms with van der Waals surface area (Å²) in [5.74, 6) is -0.0768. The number of hydrogen-bond acceptors (Lipinski definition) is 2. The highest BCUT2D eigenvalue weighted by molar-refractivity contribution is 5.93. The average Bonchev–Trinajstić information content (AvgIpc) is 2.46. The number of aromatic nitrogens is 1. The molecule has 0 saturated heterocycles. The highest BCUT2D eigenvalue weighted by Gasteiger charge is 2.15. The molecule has 0 aliphatic carbocycles. The fourth-order valence-electron chi connectivity index (χ4n) is 2.05. The molecule has 1 aromatic carbocycles. The number of aryl methyl sites for hydroxylation is 1. The number of carbonyl (C=O) groups excluding carboxylic acids is 1. The number of nitrogens with one attached hydrogen (secondary N) is 1. The van der Waals surface area contributed by atoms with Crippen molar-refractivity contribution in [3.8, 4) is 0 Å². The van der Waals surface area contributed by atoms with Crippen molar-refractivity contribution >= 4 is 5.91 Å². The summed E-state index contributed by atoms with van der Waals surface area (Å²) in [6, 6.07) is 10.9. The topological polar surface area (TPSA) is 53.2 Å². The van der Waals surface area contributed by atoms with E-state index in [0.717, 1.165) is 5.56 Å². The van der Waals surface area contributed by atoms with Gasteiger partial charge in [-0.25, -0.2) is 0 Å². The van der Waals surface area contributed by atoms with Crippen molar-refractivity contribution in [2.75, 3.05) is 6.54 Å². The number of nitrogens with zero attached hydrogens (tertiary/aromatic N) is 1. The van der Waals surface area contributed by atoms with Gasteiger partial charge in [-0.3, -0.25) is 9.59 Å². The van der Waals surface area contributed by atoms with Gasteiger partial charge in [0.15, 0.2) is 0 Å². The Balaban J connectivity index is 2.20. The minimum absolute atomic E-state index is 0.0768. The third-order valence-electron chi connectivity index (χ3n) is 3.32. The number of hydrogen-bond donors (Lipinski definition) is 1. The second kappa shape index (κ2) is 6.19. The van der Waals surface area contributed by atoms with Crippen LogP contribution in [0, 0.1) is 6.92 Å². The van der Waals surface area contributed by atoms with E-state index in [1.165, 1.54) is 17.8 Å². The summed E-state index contributed by atoms with van der Waals surface area (Å²) in [5, 5.41) is 0. The molecule has 1 amide bonds. The number of rotatable bonds is 4. The molecule has 0 saturated carbocycles. The van der Waals surface area contributed by atoms with Crippen LogP contribution in [0.25, 0.3) is 0 Å². The van der Waals surface area contributed by atoms with Gasteiger partial charge in [-0.15, -0.1) is 0 Å². The fourth-order valence-corrected chi connectivity index (χ4v) is 2.05. The van der Waals surface area contributed by atoms with Crippen LogP contribution in [-0.2, 0) is 6.54 Å². The Morgan fingerprint density at radius 1 is 1.20 bits per heavy atom. The van der Waals surface area contributed by atoms with Crippen LogP contribution in [0.4, 0.5) is 0 Å². The third-order valence-corrected chi connectivity index (χ3v) is 3.32. The van der Waals surface area contributed by atoms with Crippen molar-refractivity contribution in [3.05, 3.63) is 69.6 Å². The summed E-state index contributed by atoms with van der Waals surface area (Å²) in [5.41, 5.74) is 2.59. The van der Waals surface area contributed by atoms with Gasteiger partial charge < -0.3 is 9.88 Å². The Hall–Kier alpha value is -2.36. The monoisotopic (exact) mass is 270 g/mol. The van der Waals surface area contributed by atoms with Crippen molar-refractivity contribution in [2.24, 2.45) is 0 Å². The van der Waals surface area contributed by atoms with E-state index in [9.17, 15) is 9.59 Å². The molecule has 0 fully saturated rings. The van der Waals surface area contributed by atoms with Crippen molar-refractivity contribution in [1.29, 1.82) is 0 Å². The Kier molecular flexibility index (Phi) is 4.35. The van der Waals surface area contributed by atoms with Crippen LogP contribution < -0.4 is 5.56 Å². The Bertz CT molecular complexity index is 641. The van der Waals surface area contributed by atoms with Crippen LogP contribution in [0.3, 0.4) is 0 Å². The van der Waals surface area contributed by atoms with Gasteiger partial charge in [0.05, 0.1) is 5.56 Å². The number of amides is 1. The summed E-state index contributed by atoms with van der Waals surface area (Å²) in [6.07, 6.45) is 1.46. The largest absolute Gasteiger partial charge is 0.335 e. The summed E-state index contributed by atoms with van der Waals surface area (Å²) < 4.78 is 0. The van der Waals surface area contributed by atoms with E-state index in [1.54, 1.807) is 11.0 Å². The molecule has 0 spiro atoms. The van der Waals surface area contributed by atoms with E-state index in [1.807, 2.05) is 38.1 Å². The lowest BCUT2D eigenvalue weighted by molar-refractivity contribution is 0.0752. The predicted molar refractivity (Wildman–Crippen MR) is 78.7 cm³/mol. The van der Waals surface area contributed by atoms with Crippen LogP contribution in [0.1, 0.15) is 28.4 Å². The summed E-state index contributed by atoms with van der Waals surface area (Å²) in [4.78, 5) is 27.7. The Labute approximate surface area is 118 Å². The Morgan fingerprint density at radius 2 is 1.95 bits per heavy atom. The molecule has 1 N–H and O–H groups in total. The summed E-state index contributed by atoms with van der Waals surface area (Å²) >= 11 is 0. The van der Waals surface area contributed by atoms with Crippen LogP contribution in [0.2, 0.25) is 0 Å². The molecule has 4 nitrogen and oxygen atoms in total. The van der Waals surface area contributed by atoms with E-state index in [2.05, 4.69) is 4.98 Å². The van der Waals surface area contributed by atoms with Gasteiger partial charge in [0.2, 0.25) is 5.56 Å². The van der Waals surface area contributed by atoms with Gasteiger partial charge in [0.1, 0.15) is 0 Å². The fraction of sp³-hybridized carbons (Fsp3) is 0.250. The van der Waals surface area contributed by atoms with Crippen LogP contribution in [-0.4, -0.2) is 22.3 Å². The van der Waals surface area contributed by atoms with Crippen LogP contribution in [0.15, 0.2) is 47.4 Å². The minimum Gasteiger partial charge on any atom is -0.335 e. The van der Waals surface area contributed by atoms with E-state index >= 15 is 0 Å². The predicted octanol–water partition coefficient (Wildman–Crippen LogP) is 2.35. The SMILES string of the molecule is CCN(Cc1ccccc1C)C(=O)c1ccc(=O)[nH]c1. The zero-order valence-electron chi connectivity index (χ0n) is 11.7. The smallest absolute Gasteiger partial charge is 0.255 e. The molecule has 1 heterocycles. The van der Waals surface area contributed by atoms with E-state index in [4.69, 9.17) is 0 Å². The lowest BCUT2D eigenvalue weighted by atomic mass is 10.1. The maximum Gasteiger partial charge on any atom is 0.255 e. The van der Waals surface area contributed by atoms with E-state index in [-0.39, 0.29) is 11.5 Å². The second-order valence-electron chi connectivity index (χ2n) is 4.69.